The molecule has 0 radical (unpaired) electrons. The number of alkyl carbamates (subject to hydrolysis) is 2. The molecule has 0 aliphatic carbocycles. The topological polar surface area (TPSA) is 208 Å². The highest BCUT2D eigenvalue weighted by molar-refractivity contribution is 5.89. The Balaban J connectivity index is 0.949. The minimum absolute atomic E-state index is 0.128. The smallest absolute Gasteiger partial charge is 0.407 e. The molecule has 5 heterocycles. The third-order valence-corrected chi connectivity index (χ3v) is 11.6. The van der Waals surface area contributed by atoms with Gasteiger partial charge in [-0.25, -0.2) is 24.5 Å². The monoisotopic (exact) mass is 839 g/mol. The molecule has 2 aliphatic rings. The Bertz CT molecular complexity index is 2570. The maximum absolute atomic E-state index is 13.9. The average Bonchev–Trinajstić information content (AvgIpc) is 4.14. The van der Waals surface area contributed by atoms with Gasteiger partial charge in [-0.3, -0.25) is 9.59 Å². The molecule has 4 amide bonds. The molecule has 5 N–H and O–H groups in total. The van der Waals surface area contributed by atoms with E-state index in [1.165, 1.54) is 14.2 Å². The number of H-pyrrole nitrogens is 2. The number of carbonyl (C=O) groups excluding carboxylic acids is 4. The lowest BCUT2D eigenvalue weighted by Gasteiger charge is -2.29. The lowest BCUT2D eigenvalue weighted by atomic mass is 10.0. The van der Waals surface area contributed by atoms with Gasteiger partial charge in [-0.05, 0) is 48.1 Å². The Hall–Kier alpha value is -7.07. The molecule has 2 fully saturated rings. The first-order chi connectivity index (χ1) is 30.0. The quantitative estimate of drug-likeness (QED) is 0.0963. The van der Waals surface area contributed by atoms with Gasteiger partial charge in [0.1, 0.15) is 23.7 Å². The van der Waals surface area contributed by atoms with Crippen molar-refractivity contribution in [2.75, 3.05) is 27.3 Å². The second-order valence-corrected chi connectivity index (χ2v) is 16.0. The number of benzene rings is 3. The lowest BCUT2D eigenvalue weighted by Crippen LogP contribution is -2.51. The number of aromatic amines is 2. The van der Waals surface area contributed by atoms with E-state index < -0.39 is 36.4 Å². The maximum Gasteiger partial charge on any atom is 0.407 e. The summed E-state index contributed by atoms with van der Waals surface area (Å²) >= 11 is 0. The zero-order chi connectivity index (χ0) is 43.5. The van der Waals surface area contributed by atoms with Crippen LogP contribution in [-0.2, 0) is 19.1 Å². The number of likely N-dealkylation sites (tertiary alicyclic amines) is 2. The van der Waals surface area contributed by atoms with Crippen LogP contribution < -0.4 is 10.6 Å². The van der Waals surface area contributed by atoms with Gasteiger partial charge in [0.25, 0.3) is 5.91 Å². The van der Waals surface area contributed by atoms with Crippen molar-refractivity contribution < 1.29 is 33.8 Å². The van der Waals surface area contributed by atoms with Gasteiger partial charge in [0.2, 0.25) is 5.91 Å². The summed E-state index contributed by atoms with van der Waals surface area (Å²) in [5, 5.41) is 16.9. The number of pyridine rings is 1. The number of aliphatic hydroxyl groups is 1. The van der Waals surface area contributed by atoms with Gasteiger partial charge in [-0.1, -0.05) is 80.6 Å². The first kappa shape index (κ1) is 41.7. The third kappa shape index (κ3) is 8.59. The predicted molar refractivity (Wildman–Crippen MR) is 230 cm³/mol. The van der Waals surface area contributed by atoms with Crippen LogP contribution in [0, 0.1) is 5.92 Å². The second-order valence-electron chi connectivity index (χ2n) is 16.0. The number of amides is 4. The molecule has 5 unspecified atom stereocenters. The molecule has 5 atom stereocenters. The van der Waals surface area contributed by atoms with Crippen LogP contribution in [0.1, 0.15) is 68.4 Å². The summed E-state index contributed by atoms with van der Waals surface area (Å²) in [5.74, 6) is 0.490. The molecule has 0 spiro atoms. The number of imidazole rings is 2. The van der Waals surface area contributed by atoms with Crippen LogP contribution in [0.2, 0.25) is 0 Å². The maximum atomic E-state index is 13.9. The Kier molecular flexibility index (Phi) is 12.0. The van der Waals surface area contributed by atoms with Crippen LogP contribution in [0.4, 0.5) is 9.59 Å². The summed E-state index contributed by atoms with van der Waals surface area (Å²) in [6, 6.07) is 24.7. The number of carbonyl (C=O) groups is 4. The standard InChI is InChI=1S/C46H49N9O7/c1-26(2)39(52-45(59)61-3)43(57)55-25-32(56)22-38(55)42-48-23-35(50-42)28-14-12-27(13-15-28)33-18-16-30-21-31(17-19-34(30)49-33)36-24-47-41(51-36)37-11-8-20-54(37)44(58)40(53-46(60)62-4)29-9-6-5-7-10-29/h5-7,9-10,12-19,21,23-24,26,32,37-40,56H,8,11,20,22,25H2,1-4H3,(H,47,51)(H,48,50)(H,52,59)(H,53,60). The summed E-state index contributed by atoms with van der Waals surface area (Å²) in [7, 11) is 2.52. The number of hydrogen-bond donors (Lipinski definition) is 5. The Morgan fingerprint density at radius 3 is 2.10 bits per heavy atom. The highest BCUT2D eigenvalue weighted by Crippen LogP contribution is 2.36. The van der Waals surface area contributed by atoms with Gasteiger partial charge in [0.15, 0.2) is 0 Å². The van der Waals surface area contributed by atoms with E-state index in [0.717, 1.165) is 57.5 Å². The van der Waals surface area contributed by atoms with Gasteiger partial charge in [-0.15, -0.1) is 0 Å². The molecule has 8 rings (SSSR count). The second kappa shape index (κ2) is 17.9. The molecule has 0 bridgehead atoms. The van der Waals surface area contributed by atoms with Gasteiger partial charge in [0, 0.05) is 36.0 Å². The zero-order valence-electron chi connectivity index (χ0n) is 34.9. The van der Waals surface area contributed by atoms with Gasteiger partial charge >= 0.3 is 12.2 Å². The van der Waals surface area contributed by atoms with Gasteiger partial charge < -0.3 is 45.0 Å². The minimum Gasteiger partial charge on any atom is -0.453 e. The van der Waals surface area contributed by atoms with Crippen molar-refractivity contribution in [2.24, 2.45) is 5.92 Å². The highest BCUT2D eigenvalue weighted by Gasteiger charge is 2.41. The van der Waals surface area contributed by atoms with Crippen LogP contribution in [-0.4, -0.2) is 103 Å². The fourth-order valence-electron chi connectivity index (χ4n) is 8.36. The van der Waals surface area contributed by atoms with E-state index in [0.29, 0.717) is 30.2 Å². The van der Waals surface area contributed by atoms with Crippen LogP contribution in [0.15, 0.2) is 97.3 Å². The summed E-state index contributed by atoms with van der Waals surface area (Å²) in [6.45, 7) is 4.34. The van der Waals surface area contributed by atoms with E-state index in [9.17, 15) is 24.3 Å². The molecule has 16 heteroatoms. The zero-order valence-corrected chi connectivity index (χ0v) is 34.9. The molecular weight excluding hydrogens is 791 g/mol. The minimum atomic E-state index is -0.896. The SMILES string of the molecule is COC(=O)NC(C(=O)N1CCCC1c1ncc(-c2ccc3nc(-c4ccc(-c5cnc(C6CC(O)CN6C(=O)C(NC(=O)OC)C(C)C)[nH]5)cc4)ccc3c2)[nH]1)c1ccccc1. The Morgan fingerprint density at radius 1 is 0.758 bits per heavy atom. The number of nitrogens with one attached hydrogen (secondary N) is 4. The fraction of sp³-hybridized carbons (Fsp3) is 0.326. The van der Waals surface area contributed by atoms with Crippen molar-refractivity contribution in [3.63, 3.8) is 0 Å². The van der Waals surface area contributed by atoms with Crippen molar-refractivity contribution in [3.8, 4) is 33.8 Å². The van der Waals surface area contributed by atoms with E-state index in [4.69, 9.17) is 19.4 Å². The highest BCUT2D eigenvalue weighted by atomic mass is 16.5. The summed E-state index contributed by atoms with van der Waals surface area (Å²) < 4.78 is 9.56. The first-order valence-electron chi connectivity index (χ1n) is 20.7. The van der Waals surface area contributed by atoms with E-state index in [1.807, 2.05) is 92.7 Å². The largest absolute Gasteiger partial charge is 0.453 e. The van der Waals surface area contributed by atoms with Crippen molar-refractivity contribution >= 4 is 34.9 Å². The molecule has 3 aromatic carbocycles. The number of nitrogens with zero attached hydrogens (tertiary/aromatic N) is 5. The van der Waals surface area contributed by atoms with E-state index >= 15 is 0 Å². The van der Waals surface area contributed by atoms with E-state index in [-0.39, 0.29) is 30.3 Å². The summed E-state index contributed by atoms with van der Waals surface area (Å²) in [4.78, 5) is 76.2. The number of aliphatic hydroxyl groups excluding tert-OH is 1. The number of fused-ring (bicyclic) bond motifs is 1. The van der Waals surface area contributed by atoms with Crippen molar-refractivity contribution in [2.45, 2.75) is 63.4 Å². The van der Waals surface area contributed by atoms with Crippen LogP contribution in [0.3, 0.4) is 0 Å². The number of aromatic nitrogens is 5. The molecule has 62 heavy (non-hydrogen) atoms. The summed E-state index contributed by atoms with van der Waals surface area (Å²) in [6.07, 6.45) is 3.25. The van der Waals surface area contributed by atoms with E-state index in [2.05, 4.69) is 31.7 Å². The average molecular weight is 840 g/mol. The number of ether oxygens (including phenoxy) is 2. The van der Waals surface area contributed by atoms with Crippen LogP contribution >= 0.6 is 0 Å². The van der Waals surface area contributed by atoms with Crippen LogP contribution in [0.5, 0.6) is 0 Å². The molecule has 16 nitrogen and oxygen atoms in total. The van der Waals surface area contributed by atoms with Crippen LogP contribution in [0.25, 0.3) is 44.7 Å². The van der Waals surface area contributed by atoms with Crippen molar-refractivity contribution in [3.05, 3.63) is 115 Å². The number of methoxy groups -OCH3 is 2. The molecule has 320 valence electrons. The normalized spacial score (nSPS) is 18.5. The number of β-amino-alcohol motifs (C(OH)–C–C–N with tert-alkyl or cyclic N) is 1. The van der Waals surface area contributed by atoms with E-state index in [1.54, 1.807) is 22.2 Å². The molecule has 2 saturated heterocycles. The molecule has 3 aromatic heterocycles. The van der Waals surface area contributed by atoms with Crippen molar-refractivity contribution in [1.29, 1.82) is 0 Å². The Labute approximate surface area is 358 Å². The molecular formula is C46H49N9O7. The number of rotatable bonds is 11. The van der Waals surface area contributed by atoms with Gasteiger partial charge in [0.05, 0.1) is 67.4 Å². The number of hydrogen-bond acceptors (Lipinski definition) is 10. The molecule has 2 aliphatic heterocycles. The van der Waals surface area contributed by atoms with Gasteiger partial charge in [-0.2, -0.15) is 0 Å². The van der Waals surface area contributed by atoms with Crippen molar-refractivity contribution in [1.82, 2.24) is 45.4 Å². The first-order valence-corrected chi connectivity index (χ1v) is 20.7. The third-order valence-electron chi connectivity index (χ3n) is 11.6. The fourth-order valence-corrected chi connectivity index (χ4v) is 8.36. The molecule has 6 aromatic rings. The summed E-state index contributed by atoms with van der Waals surface area (Å²) in [5.41, 5.74) is 6.62. The Morgan fingerprint density at radius 2 is 1.40 bits per heavy atom. The molecule has 0 saturated carbocycles. The predicted octanol–water partition coefficient (Wildman–Crippen LogP) is 6.46. The lowest BCUT2D eigenvalue weighted by molar-refractivity contribution is -0.136.